The van der Waals surface area contributed by atoms with Crippen LogP contribution in [0.1, 0.15) is 39.0 Å². The summed E-state index contributed by atoms with van der Waals surface area (Å²) in [6.07, 6.45) is 0. The van der Waals surface area contributed by atoms with Gasteiger partial charge in [0.2, 0.25) is 0 Å². The maximum absolute atomic E-state index is 4.45. The van der Waals surface area contributed by atoms with E-state index in [0.717, 1.165) is 17.2 Å². The number of aromatic nitrogens is 1. The minimum Gasteiger partial charge on any atom is -0.304 e. The Morgan fingerprint density at radius 2 is 2.12 bits per heavy atom. The minimum absolute atomic E-state index is 0.414. The molecular weight excluding hydrogens is 248 g/mol. The normalized spacial score (nSPS) is 12.9. The molecule has 2 heterocycles. The van der Waals surface area contributed by atoms with Gasteiger partial charge in [0, 0.05) is 22.3 Å². The molecule has 0 fully saturated rings. The van der Waals surface area contributed by atoms with E-state index >= 15 is 0 Å². The van der Waals surface area contributed by atoms with Crippen LogP contribution in [-0.2, 0) is 6.54 Å². The van der Waals surface area contributed by atoms with Crippen LogP contribution in [0, 0.1) is 20.8 Å². The van der Waals surface area contributed by atoms with E-state index in [0.29, 0.717) is 6.04 Å². The summed E-state index contributed by atoms with van der Waals surface area (Å²) in [5.74, 6) is 0. The molecule has 0 aliphatic carbocycles. The van der Waals surface area contributed by atoms with E-state index in [1.807, 2.05) is 11.3 Å². The van der Waals surface area contributed by atoms with E-state index in [1.54, 1.807) is 11.3 Å². The van der Waals surface area contributed by atoms with Gasteiger partial charge < -0.3 is 5.32 Å². The van der Waals surface area contributed by atoms with Gasteiger partial charge in [-0.15, -0.1) is 22.7 Å². The van der Waals surface area contributed by atoms with Crippen LogP contribution in [-0.4, -0.2) is 4.98 Å². The molecule has 0 amide bonds. The van der Waals surface area contributed by atoms with Crippen molar-refractivity contribution in [3.63, 3.8) is 0 Å². The first-order valence-electron chi connectivity index (χ1n) is 5.78. The highest BCUT2D eigenvalue weighted by Crippen LogP contribution is 2.24. The van der Waals surface area contributed by atoms with Crippen molar-refractivity contribution in [3.8, 4) is 0 Å². The molecule has 2 rings (SSSR count). The minimum atomic E-state index is 0.414. The fourth-order valence-corrected chi connectivity index (χ4v) is 3.75. The Morgan fingerprint density at radius 1 is 1.35 bits per heavy atom. The fraction of sp³-hybridized carbons (Fsp3) is 0.462. The van der Waals surface area contributed by atoms with Crippen molar-refractivity contribution in [2.75, 3.05) is 0 Å². The Bertz CT molecular complexity index is 499. The number of thiazole rings is 1. The second kappa shape index (κ2) is 5.29. The topological polar surface area (TPSA) is 24.9 Å². The quantitative estimate of drug-likeness (QED) is 0.905. The van der Waals surface area contributed by atoms with Crippen molar-refractivity contribution in [2.24, 2.45) is 0 Å². The number of thiophene rings is 1. The highest BCUT2D eigenvalue weighted by molar-refractivity contribution is 7.11. The maximum atomic E-state index is 4.45. The average Bonchev–Trinajstić information content (AvgIpc) is 2.81. The number of hydrogen-bond donors (Lipinski definition) is 1. The van der Waals surface area contributed by atoms with Gasteiger partial charge in [0.25, 0.3) is 0 Å². The number of aryl methyl sites for hydroxylation is 3. The highest BCUT2D eigenvalue weighted by atomic mass is 32.1. The molecule has 0 radical (unpaired) electrons. The second-order valence-corrected chi connectivity index (χ2v) is 6.55. The van der Waals surface area contributed by atoms with Crippen molar-refractivity contribution in [3.05, 3.63) is 37.5 Å². The third-order valence-electron chi connectivity index (χ3n) is 2.86. The Labute approximate surface area is 111 Å². The van der Waals surface area contributed by atoms with Gasteiger partial charge in [-0.2, -0.15) is 0 Å². The Morgan fingerprint density at radius 3 is 2.65 bits per heavy atom. The Kier molecular flexibility index (Phi) is 3.97. The van der Waals surface area contributed by atoms with Crippen LogP contribution < -0.4 is 5.32 Å². The molecule has 0 aliphatic heterocycles. The first kappa shape index (κ1) is 12.7. The Balaban J connectivity index is 1.99. The summed E-state index contributed by atoms with van der Waals surface area (Å²) in [6, 6.07) is 2.59. The van der Waals surface area contributed by atoms with Crippen molar-refractivity contribution < 1.29 is 0 Å². The lowest BCUT2D eigenvalue weighted by atomic mass is 10.2. The zero-order valence-corrected chi connectivity index (χ0v) is 12.3. The molecule has 0 unspecified atom stereocenters. The molecule has 2 nitrogen and oxygen atoms in total. The summed E-state index contributed by atoms with van der Waals surface area (Å²) < 4.78 is 0. The molecule has 1 atom stereocenters. The van der Waals surface area contributed by atoms with Crippen molar-refractivity contribution >= 4 is 22.7 Å². The van der Waals surface area contributed by atoms with E-state index in [2.05, 4.69) is 49.4 Å². The molecular formula is C13H18N2S2. The third-order valence-corrected chi connectivity index (χ3v) is 5.14. The molecule has 92 valence electrons. The van der Waals surface area contributed by atoms with Gasteiger partial charge in [-0.05, 0) is 44.7 Å². The van der Waals surface area contributed by atoms with E-state index in [9.17, 15) is 0 Å². The van der Waals surface area contributed by atoms with Crippen LogP contribution in [0.4, 0.5) is 0 Å². The molecule has 0 bridgehead atoms. The maximum Gasteiger partial charge on any atom is 0.0900 e. The first-order valence-corrected chi connectivity index (χ1v) is 7.48. The van der Waals surface area contributed by atoms with Gasteiger partial charge in [-0.25, -0.2) is 4.98 Å². The number of nitrogens with one attached hydrogen (secondary N) is 1. The lowest BCUT2D eigenvalue weighted by Crippen LogP contribution is -2.17. The predicted molar refractivity (Wildman–Crippen MR) is 75.9 cm³/mol. The molecule has 2 aromatic rings. The smallest absolute Gasteiger partial charge is 0.0900 e. The van der Waals surface area contributed by atoms with Crippen LogP contribution in [0.3, 0.4) is 0 Å². The van der Waals surface area contributed by atoms with Crippen molar-refractivity contribution in [1.82, 2.24) is 10.3 Å². The van der Waals surface area contributed by atoms with Gasteiger partial charge in [0.15, 0.2) is 0 Å². The summed E-state index contributed by atoms with van der Waals surface area (Å²) >= 11 is 3.62. The van der Waals surface area contributed by atoms with E-state index in [1.165, 1.54) is 15.3 Å². The summed E-state index contributed by atoms with van der Waals surface area (Å²) in [4.78, 5) is 7.24. The van der Waals surface area contributed by atoms with Gasteiger partial charge in [0.05, 0.1) is 10.7 Å². The Hall–Kier alpha value is -0.710. The van der Waals surface area contributed by atoms with Crippen LogP contribution in [0.15, 0.2) is 11.4 Å². The molecule has 4 heteroatoms. The summed E-state index contributed by atoms with van der Waals surface area (Å²) in [7, 11) is 0. The lowest BCUT2D eigenvalue weighted by Gasteiger charge is -2.12. The zero-order valence-electron chi connectivity index (χ0n) is 10.7. The SMILES string of the molecule is Cc1nc(C)c(CN[C@@H](C)c2sccc2C)s1. The van der Waals surface area contributed by atoms with Gasteiger partial charge in [0.1, 0.15) is 0 Å². The zero-order chi connectivity index (χ0) is 12.4. The molecule has 0 saturated carbocycles. The number of nitrogens with zero attached hydrogens (tertiary/aromatic N) is 1. The van der Waals surface area contributed by atoms with Crippen LogP contribution in [0.2, 0.25) is 0 Å². The second-order valence-electron chi connectivity index (χ2n) is 4.31. The van der Waals surface area contributed by atoms with Crippen molar-refractivity contribution in [1.29, 1.82) is 0 Å². The molecule has 0 spiro atoms. The lowest BCUT2D eigenvalue weighted by molar-refractivity contribution is 0.583. The van der Waals surface area contributed by atoms with Crippen LogP contribution >= 0.6 is 22.7 Å². The number of hydrogen-bond acceptors (Lipinski definition) is 4. The van der Waals surface area contributed by atoms with E-state index < -0.39 is 0 Å². The van der Waals surface area contributed by atoms with Crippen LogP contribution in [0.25, 0.3) is 0 Å². The highest BCUT2D eigenvalue weighted by Gasteiger charge is 2.11. The fourth-order valence-electron chi connectivity index (χ4n) is 1.90. The number of rotatable bonds is 4. The van der Waals surface area contributed by atoms with Gasteiger partial charge in [-0.1, -0.05) is 0 Å². The summed E-state index contributed by atoms with van der Waals surface area (Å²) in [5.41, 5.74) is 2.54. The third kappa shape index (κ3) is 2.94. The summed E-state index contributed by atoms with van der Waals surface area (Å²) in [6.45, 7) is 9.46. The molecule has 1 N–H and O–H groups in total. The van der Waals surface area contributed by atoms with Crippen molar-refractivity contribution in [2.45, 2.75) is 40.3 Å². The molecule has 2 aromatic heterocycles. The van der Waals surface area contributed by atoms with Crippen LogP contribution in [0.5, 0.6) is 0 Å². The standard InChI is InChI=1S/C13H18N2S2/c1-8-5-6-16-13(8)10(3)14-7-12-9(2)15-11(4)17-12/h5-6,10,14H,7H2,1-4H3/t10-/m0/s1. The average molecular weight is 266 g/mol. The molecule has 0 aliphatic rings. The van der Waals surface area contributed by atoms with Gasteiger partial charge in [-0.3, -0.25) is 0 Å². The monoisotopic (exact) mass is 266 g/mol. The van der Waals surface area contributed by atoms with E-state index in [-0.39, 0.29) is 0 Å². The molecule has 17 heavy (non-hydrogen) atoms. The predicted octanol–water partition coefficient (Wildman–Crippen LogP) is 3.98. The largest absolute Gasteiger partial charge is 0.304 e. The molecule has 0 saturated heterocycles. The first-order chi connectivity index (χ1) is 8.08. The summed E-state index contributed by atoms with van der Waals surface area (Å²) in [5, 5.41) is 6.89. The van der Waals surface area contributed by atoms with E-state index in [4.69, 9.17) is 0 Å². The van der Waals surface area contributed by atoms with Gasteiger partial charge >= 0.3 is 0 Å². The molecule has 0 aromatic carbocycles.